The fourth-order valence-corrected chi connectivity index (χ4v) is 5.88. The number of carbonyl (C=O) groups is 1. The van der Waals surface area contributed by atoms with Gasteiger partial charge in [-0.3, -0.25) is 9.10 Å². The molecule has 9 heteroatoms. The lowest BCUT2D eigenvalue weighted by Crippen LogP contribution is -2.39. The summed E-state index contributed by atoms with van der Waals surface area (Å²) >= 11 is 6.64. The number of nitrogens with one attached hydrogen (secondary N) is 1. The van der Waals surface area contributed by atoms with Crippen LogP contribution in [-0.4, -0.2) is 31.5 Å². The molecule has 0 aliphatic carbocycles. The van der Waals surface area contributed by atoms with Gasteiger partial charge in [0.25, 0.3) is 10.0 Å². The summed E-state index contributed by atoms with van der Waals surface area (Å²) in [4.78, 5) is 15.6. The predicted octanol–water partition coefficient (Wildman–Crippen LogP) is 5.23. The van der Waals surface area contributed by atoms with Crippen molar-refractivity contribution in [3.63, 3.8) is 0 Å². The van der Waals surface area contributed by atoms with Gasteiger partial charge in [-0.05, 0) is 63.2 Å². The second-order valence-corrected chi connectivity index (χ2v) is 11.1. The molecule has 2 aromatic carbocycles. The van der Waals surface area contributed by atoms with E-state index in [1.807, 2.05) is 6.07 Å². The molecule has 3 aromatic rings. The number of H-pyrrole nitrogens is 1. The Morgan fingerprint density at radius 1 is 1.07 bits per heavy atom. The number of carbonyl (C=O) groups excluding carboxylic acids is 1. The molecule has 1 aromatic heterocycles. The fraction of sp³-hybridized carbons (Fsp3) is 0.250. The summed E-state index contributed by atoms with van der Waals surface area (Å²) < 4.78 is 34.6. The first kappa shape index (κ1) is 21.9. The van der Waals surface area contributed by atoms with E-state index in [4.69, 9.17) is 4.74 Å². The number of rotatable bonds is 5. The molecule has 0 amide bonds. The Labute approximate surface area is 186 Å². The summed E-state index contributed by atoms with van der Waals surface area (Å²) in [7, 11) is -4.04. The molecule has 3 rings (SSSR count). The molecular formula is C20H20Br2N2O4S. The first-order valence-electron chi connectivity index (χ1n) is 8.73. The van der Waals surface area contributed by atoms with Crippen LogP contribution in [-0.2, 0) is 19.6 Å². The topological polar surface area (TPSA) is 79.5 Å². The summed E-state index contributed by atoms with van der Waals surface area (Å²) in [6.07, 6.45) is 1.77. The number of hydrogen-bond donors (Lipinski definition) is 1. The number of aromatic amines is 1. The average Bonchev–Trinajstić information content (AvgIpc) is 3.04. The van der Waals surface area contributed by atoms with E-state index < -0.39 is 28.1 Å². The third-order valence-electron chi connectivity index (χ3n) is 3.94. The number of esters is 1. The quantitative estimate of drug-likeness (QED) is 0.447. The molecule has 0 unspecified atom stereocenters. The van der Waals surface area contributed by atoms with Crippen LogP contribution in [0.5, 0.6) is 0 Å². The zero-order chi connectivity index (χ0) is 21.4. The number of aromatic nitrogens is 1. The van der Waals surface area contributed by atoms with Crippen LogP contribution in [0.2, 0.25) is 0 Å². The molecular weight excluding hydrogens is 524 g/mol. The number of benzene rings is 2. The molecule has 0 atom stereocenters. The van der Waals surface area contributed by atoms with Crippen molar-refractivity contribution in [3.8, 4) is 0 Å². The first-order valence-corrected chi connectivity index (χ1v) is 11.8. The van der Waals surface area contributed by atoms with Gasteiger partial charge in [-0.15, -0.1) is 0 Å². The Morgan fingerprint density at radius 2 is 1.72 bits per heavy atom. The third-order valence-corrected chi connectivity index (χ3v) is 6.61. The van der Waals surface area contributed by atoms with E-state index in [0.717, 1.165) is 15.2 Å². The van der Waals surface area contributed by atoms with Crippen LogP contribution in [0.4, 0.5) is 5.69 Å². The number of nitrogens with zero attached hydrogens (tertiary/aromatic N) is 1. The van der Waals surface area contributed by atoms with E-state index in [0.29, 0.717) is 14.6 Å². The first-order chi connectivity index (χ1) is 13.5. The molecule has 0 spiro atoms. The van der Waals surface area contributed by atoms with E-state index in [1.54, 1.807) is 51.2 Å². The lowest BCUT2D eigenvalue weighted by atomic mass is 10.2. The third kappa shape index (κ3) is 5.21. The average molecular weight is 544 g/mol. The van der Waals surface area contributed by atoms with Gasteiger partial charge in [0.05, 0.1) is 10.6 Å². The summed E-state index contributed by atoms with van der Waals surface area (Å²) in [6, 6.07) is 11.7. The number of sulfonamides is 1. The highest BCUT2D eigenvalue weighted by molar-refractivity contribution is 9.11. The van der Waals surface area contributed by atoms with E-state index >= 15 is 0 Å². The highest BCUT2D eigenvalue weighted by Gasteiger charge is 2.30. The molecule has 154 valence electrons. The molecule has 0 aliphatic heterocycles. The summed E-state index contributed by atoms with van der Waals surface area (Å²) in [5, 5.41) is 0.835. The van der Waals surface area contributed by atoms with Gasteiger partial charge >= 0.3 is 5.97 Å². The van der Waals surface area contributed by atoms with Gasteiger partial charge in [0, 0.05) is 26.0 Å². The second-order valence-electron chi connectivity index (χ2n) is 7.45. The van der Waals surface area contributed by atoms with E-state index in [-0.39, 0.29) is 4.90 Å². The van der Waals surface area contributed by atoms with E-state index in [9.17, 15) is 13.2 Å². The van der Waals surface area contributed by atoms with Crippen molar-refractivity contribution < 1.29 is 17.9 Å². The molecule has 0 radical (unpaired) electrons. The van der Waals surface area contributed by atoms with Crippen molar-refractivity contribution in [2.45, 2.75) is 31.3 Å². The van der Waals surface area contributed by atoms with Crippen LogP contribution in [0.15, 0.2) is 62.5 Å². The van der Waals surface area contributed by atoms with Gasteiger partial charge in [0.15, 0.2) is 0 Å². The molecule has 1 heterocycles. The summed E-state index contributed by atoms with van der Waals surface area (Å²) in [5.41, 5.74) is 0.517. The van der Waals surface area contributed by atoms with Crippen molar-refractivity contribution in [2.75, 3.05) is 10.8 Å². The molecule has 0 bridgehead atoms. The van der Waals surface area contributed by atoms with Crippen molar-refractivity contribution in [1.82, 2.24) is 4.98 Å². The minimum atomic E-state index is -4.04. The van der Waals surface area contributed by atoms with Crippen LogP contribution >= 0.6 is 31.9 Å². The second kappa shape index (κ2) is 8.12. The van der Waals surface area contributed by atoms with Crippen molar-refractivity contribution in [1.29, 1.82) is 0 Å². The number of fused-ring (bicyclic) bond motifs is 1. The zero-order valence-electron chi connectivity index (χ0n) is 16.1. The molecule has 1 N–H and O–H groups in total. The Hall–Kier alpha value is -1.84. The number of hydrogen-bond acceptors (Lipinski definition) is 4. The van der Waals surface area contributed by atoms with Gasteiger partial charge in [-0.1, -0.05) is 31.9 Å². The Bertz CT molecular complexity index is 1150. The molecule has 0 aliphatic rings. The molecule has 0 fully saturated rings. The summed E-state index contributed by atoms with van der Waals surface area (Å²) in [5.74, 6) is -0.635. The summed E-state index contributed by atoms with van der Waals surface area (Å²) in [6.45, 7) is 4.77. The standard InChI is InChI=1S/C20H20Br2N2O4S/c1-20(2,3)28-19(25)12-24(16-4-5-18-13(8-16)6-7-23-18)29(26,27)17-10-14(21)9-15(22)11-17/h4-11,23H,12H2,1-3H3. The molecule has 0 saturated carbocycles. The van der Waals surface area contributed by atoms with E-state index in [1.165, 1.54) is 12.1 Å². The lowest BCUT2D eigenvalue weighted by molar-refractivity contribution is -0.152. The molecule has 6 nitrogen and oxygen atoms in total. The van der Waals surface area contributed by atoms with Gasteiger partial charge in [0.1, 0.15) is 12.1 Å². The largest absolute Gasteiger partial charge is 0.459 e. The molecule has 0 saturated heterocycles. The smallest absolute Gasteiger partial charge is 0.327 e. The number of halogens is 2. The van der Waals surface area contributed by atoms with Crippen LogP contribution in [0.25, 0.3) is 10.9 Å². The number of anilines is 1. The SMILES string of the molecule is CC(C)(C)OC(=O)CN(c1ccc2[nH]ccc2c1)S(=O)(=O)c1cc(Br)cc(Br)c1. The van der Waals surface area contributed by atoms with Gasteiger partial charge in [0.2, 0.25) is 0 Å². The van der Waals surface area contributed by atoms with Crippen molar-refractivity contribution in [3.05, 3.63) is 57.6 Å². The highest BCUT2D eigenvalue weighted by atomic mass is 79.9. The van der Waals surface area contributed by atoms with Gasteiger partial charge < -0.3 is 9.72 Å². The highest BCUT2D eigenvalue weighted by Crippen LogP contribution is 2.30. The Balaban J connectivity index is 2.09. The molecule has 29 heavy (non-hydrogen) atoms. The Kier molecular flexibility index (Phi) is 6.12. The minimum Gasteiger partial charge on any atom is -0.459 e. The van der Waals surface area contributed by atoms with E-state index in [2.05, 4.69) is 36.8 Å². The van der Waals surface area contributed by atoms with Crippen LogP contribution in [0.3, 0.4) is 0 Å². The van der Waals surface area contributed by atoms with Crippen LogP contribution < -0.4 is 4.31 Å². The predicted molar refractivity (Wildman–Crippen MR) is 121 cm³/mol. The van der Waals surface area contributed by atoms with Crippen molar-refractivity contribution in [2.24, 2.45) is 0 Å². The maximum Gasteiger partial charge on any atom is 0.327 e. The lowest BCUT2D eigenvalue weighted by Gasteiger charge is -2.26. The van der Waals surface area contributed by atoms with Crippen molar-refractivity contribution >= 4 is 64.4 Å². The van der Waals surface area contributed by atoms with Crippen LogP contribution in [0, 0.1) is 0 Å². The minimum absolute atomic E-state index is 0.0523. The zero-order valence-corrected chi connectivity index (χ0v) is 20.1. The fourth-order valence-electron chi connectivity index (χ4n) is 2.81. The van der Waals surface area contributed by atoms with Crippen LogP contribution in [0.1, 0.15) is 20.8 Å². The Morgan fingerprint density at radius 3 is 2.34 bits per heavy atom. The monoisotopic (exact) mass is 542 g/mol. The normalized spacial score (nSPS) is 12.2. The maximum atomic E-state index is 13.5. The van der Waals surface area contributed by atoms with Gasteiger partial charge in [-0.25, -0.2) is 8.42 Å². The van der Waals surface area contributed by atoms with Gasteiger partial charge in [-0.2, -0.15) is 0 Å². The number of ether oxygens (including phenoxy) is 1. The maximum absolute atomic E-state index is 13.5.